The van der Waals surface area contributed by atoms with Gasteiger partial charge in [0.15, 0.2) is 18.2 Å². The van der Waals surface area contributed by atoms with Crippen molar-refractivity contribution in [1.29, 1.82) is 0 Å². The average molecular weight is 356 g/mol. The Morgan fingerprint density at radius 3 is 2.81 bits per heavy atom. The maximum Gasteiger partial charge on any atom is 0.311 e. The molecular formula is C16H16N6O4. The summed E-state index contributed by atoms with van der Waals surface area (Å²) in [5.74, 6) is -0.254. The smallest absolute Gasteiger partial charge is 0.311 e. The molecule has 2 heterocycles. The second-order valence-electron chi connectivity index (χ2n) is 5.46. The summed E-state index contributed by atoms with van der Waals surface area (Å²) in [4.78, 5) is 22.7. The van der Waals surface area contributed by atoms with Gasteiger partial charge in [0.05, 0.1) is 22.5 Å². The number of anilines is 1. The number of ether oxygens (including phenoxy) is 1. The van der Waals surface area contributed by atoms with Crippen LogP contribution in [0.5, 0.6) is 5.75 Å². The number of aryl methyl sites for hydroxylation is 1. The number of amides is 1. The molecule has 134 valence electrons. The molecule has 0 saturated carbocycles. The van der Waals surface area contributed by atoms with Crippen molar-refractivity contribution in [2.45, 2.75) is 13.7 Å². The Hall–Kier alpha value is -3.69. The summed E-state index contributed by atoms with van der Waals surface area (Å²) in [5.41, 5.74) is 1.48. The number of rotatable bonds is 6. The summed E-state index contributed by atoms with van der Waals surface area (Å²) < 4.78 is 8.46. The molecule has 1 N–H and O–H groups in total. The van der Waals surface area contributed by atoms with Crippen molar-refractivity contribution in [2.24, 2.45) is 7.05 Å². The van der Waals surface area contributed by atoms with Crippen LogP contribution in [0.2, 0.25) is 0 Å². The molecule has 3 rings (SSSR count). The lowest BCUT2D eigenvalue weighted by atomic mass is 10.3. The molecule has 0 radical (unpaired) electrons. The first-order valence-corrected chi connectivity index (χ1v) is 7.65. The fourth-order valence-corrected chi connectivity index (χ4v) is 2.23. The predicted molar refractivity (Wildman–Crippen MR) is 91.8 cm³/mol. The topological polar surface area (TPSA) is 117 Å². The summed E-state index contributed by atoms with van der Waals surface area (Å²) in [7, 11) is 1.78. The maximum atomic E-state index is 12.3. The number of carbonyl (C=O) groups is 1. The zero-order valence-corrected chi connectivity index (χ0v) is 14.1. The van der Waals surface area contributed by atoms with Crippen molar-refractivity contribution in [3.63, 3.8) is 0 Å². The summed E-state index contributed by atoms with van der Waals surface area (Å²) in [5, 5.41) is 21.9. The van der Waals surface area contributed by atoms with E-state index in [-0.39, 0.29) is 29.8 Å². The van der Waals surface area contributed by atoms with Gasteiger partial charge in [-0.05, 0) is 19.1 Å². The van der Waals surface area contributed by atoms with Gasteiger partial charge in [-0.1, -0.05) is 12.1 Å². The number of aromatic nitrogens is 4. The fraction of sp³-hybridized carbons (Fsp3) is 0.188. The summed E-state index contributed by atoms with van der Waals surface area (Å²) in [6.07, 6.45) is 3.11. The molecule has 10 heteroatoms. The Bertz CT molecular complexity index is 961. The molecule has 0 saturated heterocycles. The van der Waals surface area contributed by atoms with E-state index in [2.05, 4.69) is 15.5 Å². The van der Waals surface area contributed by atoms with Gasteiger partial charge in [0.2, 0.25) is 0 Å². The second kappa shape index (κ2) is 7.05. The molecule has 0 aliphatic heterocycles. The van der Waals surface area contributed by atoms with Gasteiger partial charge in [-0.15, -0.1) is 0 Å². The van der Waals surface area contributed by atoms with E-state index in [1.54, 1.807) is 36.3 Å². The lowest BCUT2D eigenvalue weighted by Gasteiger charge is -2.06. The number of carbonyl (C=O) groups excluding carboxylic acids is 1. The Morgan fingerprint density at radius 1 is 1.35 bits per heavy atom. The number of nitrogens with zero attached hydrogens (tertiary/aromatic N) is 5. The van der Waals surface area contributed by atoms with E-state index >= 15 is 0 Å². The van der Waals surface area contributed by atoms with E-state index < -0.39 is 4.92 Å². The third-order valence-electron chi connectivity index (χ3n) is 3.77. The molecule has 0 aliphatic carbocycles. The molecule has 3 aromatic rings. The van der Waals surface area contributed by atoms with Crippen molar-refractivity contribution in [3.05, 3.63) is 64.2 Å². The Labute approximate surface area is 148 Å². The van der Waals surface area contributed by atoms with Crippen LogP contribution in [0.3, 0.4) is 0 Å². The standard InChI is InChI=1S/C16H16N6O4/c1-11-13(9-17-20(11)2)18-16(23)12-7-8-21(19-12)10-26-15-6-4-3-5-14(15)22(24)25/h3-9H,10H2,1-2H3,(H,18,23). The van der Waals surface area contributed by atoms with Gasteiger partial charge in [-0.2, -0.15) is 10.2 Å². The highest BCUT2D eigenvalue weighted by atomic mass is 16.6. The molecule has 0 bridgehead atoms. The molecule has 0 spiro atoms. The quantitative estimate of drug-likeness (QED) is 0.534. The van der Waals surface area contributed by atoms with Gasteiger partial charge >= 0.3 is 5.69 Å². The van der Waals surface area contributed by atoms with Crippen LogP contribution in [0.1, 0.15) is 16.2 Å². The molecule has 26 heavy (non-hydrogen) atoms. The number of nitro groups is 1. The average Bonchev–Trinajstić information content (AvgIpc) is 3.22. The Balaban J connectivity index is 1.66. The summed E-state index contributed by atoms with van der Waals surface area (Å²) in [6.45, 7) is 1.77. The minimum Gasteiger partial charge on any atom is -0.464 e. The Morgan fingerprint density at radius 2 is 2.12 bits per heavy atom. The van der Waals surface area contributed by atoms with Crippen LogP contribution in [0.15, 0.2) is 42.7 Å². The van der Waals surface area contributed by atoms with Crippen LogP contribution in [0.25, 0.3) is 0 Å². The normalized spacial score (nSPS) is 10.5. The molecule has 0 fully saturated rings. The molecule has 2 aromatic heterocycles. The first kappa shape index (κ1) is 17.1. The van der Waals surface area contributed by atoms with Gasteiger partial charge in [0, 0.05) is 19.3 Å². The SMILES string of the molecule is Cc1c(NC(=O)c2ccn(COc3ccccc3[N+](=O)[O-])n2)cnn1C. The molecular weight excluding hydrogens is 340 g/mol. The minimum atomic E-state index is -0.520. The highest BCUT2D eigenvalue weighted by Crippen LogP contribution is 2.26. The molecule has 1 aromatic carbocycles. The van der Waals surface area contributed by atoms with Gasteiger partial charge in [-0.25, -0.2) is 4.68 Å². The van der Waals surface area contributed by atoms with Crippen LogP contribution in [-0.4, -0.2) is 30.4 Å². The third kappa shape index (κ3) is 3.53. The number of hydrogen-bond donors (Lipinski definition) is 1. The van der Waals surface area contributed by atoms with Crippen molar-refractivity contribution >= 4 is 17.3 Å². The van der Waals surface area contributed by atoms with Gasteiger partial charge < -0.3 is 10.1 Å². The number of hydrogen-bond acceptors (Lipinski definition) is 6. The molecule has 0 atom stereocenters. The zero-order chi connectivity index (χ0) is 18.7. The van der Waals surface area contributed by atoms with Crippen LogP contribution < -0.4 is 10.1 Å². The number of benzene rings is 1. The third-order valence-corrected chi connectivity index (χ3v) is 3.77. The lowest BCUT2D eigenvalue weighted by molar-refractivity contribution is -0.386. The number of para-hydroxylation sites is 2. The van der Waals surface area contributed by atoms with Crippen molar-refractivity contribution in [2.75, 3.05) is 5.32 Å². The lowest BCUT2D eigenvalue weighted by Crippen LogP contribution is -2.14. The van der Waals surface area contributed by atoms with Gasteiger partial charge in [-0.3, -0.25) is 19.6 Å². The van der Waals surface area contributed by atoms with Gasteiger partial charge in [0.1, 0.15) is 0 Å². The van der Waals surface area contributed by atoms with Crippen LogP contribution in [0.4, 0.5) is 11.4 Å². The maximum absolute atomic E-state index is 12.3. The number of nitro benzene ring substituents is 1. The minimum absolute atomic E-state index is 0.0654. The Kier molecular flexibility index (Phi) is 4.65. The highest BCUT2D eigenvalue weighted by Gasteiger charge is 2.15. The fourth-order valence-electron chi connectivity index (χ4n) is 2.23. The van der Waals surface area contributed by atoms with Crippen LogP contribution >= 0.6 is 0 Å². The molecule has 10 nitrogen and oxygen atoms in total. The van der Waals surface area contributed by atoms with Crippen molar-refractivity contribution in [3.8, 4) is 5.75 Å². The van der Waals surface area contributed by atoms with E-state index in [4.69, 9.17) is 4.74 Å². The largest absolute Gasteiger partial charge is 0.464 e. The van der Waals surface area contributed by atoms with Crippen molar-refractivity contribution < 1.29 is 14.5 Å². The predicted octanol–water partition coefficient (Wildman–Crippen LogP) is 2.12. The highest BCUT2D eigenvalue weighted by molar-refractivity contribution is 6.03. The molecule has 0 unspecified atom stereocenters. The summed E-state index contributed by atoms with van der Waals surface area (Å²) >= 11 is 0. The zero-order valence-electron chi connectivity index (χ0n) is 14.1. The number of nitrogens with one attached hydrogen (secondary N) is 1. The second-order valence-corrected chi connectivity index (χ2v) is 5.46. The molecule has 1 amide bonds. The first-order valence-electron chi connectivity index (χ1n) is 7.65. The van der Waals surface area contributed by atoms with Gasteiger partial charge in [0.25, 0.3) is 5.91 Å². The van der Waals surface area contributed by atoms with E-state index in [1.165, 1.54) is 22.9 Å². The summed E-state index contributed by atoms with van der Waals surface area (Å²) in [6, 6.07) is 7.58. The van der Waals surface area contributed by atoms with E-state index in [0.29, 0.717) is 5.69 Å². The first-order chi connectivity index (χ1) is 12.5. The van der Waals surface area contributed by atoms with E-state index in [1.807, 2.05) is 6.92 Å². The van der Waals surface area contributed by atoms with Crippen molar-refractivity contribution in [1.82, 2.24) is 19.6 Å². The van der Waals surface area contributed by atoms with E-state index in [0.717, 1.165) is 5.69 Å². The van der Waals surface area contributed by atoms with Crippen LogP contribution in [0, 0.1) is 17.0 Å². The monoisotopic (exact) mass is 356 g/mol. The molecule has 0 aliphatic rings. The van der Waals surface area contributed by atoms with Crippen LogP contribution in [-0.2, 0) is 13.8 Å². The van der Waals surface area contributed by atoms with E-state index in [9.17, 15) is 14.9 Å².